The number of halogens is 4. The number of ether oxygens (including phenoxy) is 2. The van der Waals surface area contributed by atoms with Gasteiger partial charge in [0.15, 0.2) is 11.5 Å². The molecule has 1 aliphatic rings. The van der Waals surface area contributed by atoms with Gasteiger partial charge in [-0.2, -0.15) is 9.78 Å². The van der Waals surface area contributed by atoms with Crippen molar-refractivity contribution in [3.63, 3.8) is 0 Å². The van der Waals surface area contributed by atoms with Gasteiger partial charge in [0.25, 0.3) is 5.56 Å². The molecule has 0 spiro atoms. The van der Waals surface area contributed by atoms with Crippen molar-refractivity contribution in [1.29, 1.82) is 0 Å². The monoisotopic (exact) mass is 719 g/mol. The predicted molar refractivity (Wildman–Crippen MR) is 162 cm³/mol. The zero-order valence-electron chi connectivity index (χ0n) is 21.1. The van der Waals surface area contributed by atoms with E-state index >= 15 is 0 Å². The van der Waals surface area contributed by atoms with Gasteiger partial charge in [-0.05, 0) is 86.7 Å². The summed E-state index contributed by atoms with van der Waals surface area (Å²) in [6.45, 7) is 0.158. The third-order valence-electron chi connectivity index (χ3n) is 6.76. The first-order valence-electron chi connectivity index (χ1n) is 12.6. The minimum atomic E-state index is -0.326. The first-order valence-corrected chi connectivity index (χ1v) is 14.9. The van der Waals surface area contributed by atoms with Gasteiger partial charge in [-0.3, -0.25) is 4.79 Å². The Hall–Kier alpha value is -2.56. The van der Waals surface area contributed by atoms with Crippen LogP contribution in [0.25, 0.3) is 10.9 Å². The molecular weight excluding hydrogens is 697 g/mol. The third-order valence-corrected chi connectivity index (χ3v) is 9.40. The maximum Gasteiger partial charge on any atom is 0.282 e. The van der Waals surface area contributed by atoms with Crippen LogP contribution in [0.5, 0.6) is 11.5 Å². The zero-order chi connectivity index (χ0) is 27.5. The number of methoxy groups -OCH3 is 1. The molecule has 0 radical (unpaired) electrons. The Morgan fingerprint density at radius 3 is 2.62 bits per heavy atom. The van der Waals surface area contributed by atoms with E-state index in [-0.39, 0.29) is 23.9 Å². The minimum absolute atomic E-state index is 0.158. The summed E-state index contributed by atoms with van der Waals surface area (Å²) >= 11 is 10.7. The van der Waals surface area contributed by atoms with Crippen LogP contribution in [0.2, 0.25) is 0 Å². The highest BCUT2D eigenvalue weighted by Gasteiger charge is 2.23. The van der Waals surface area contributed by atoms with Gasteiger partial charge in [0, 0.05) is 20.4 Å². The Labute approximate surface area is 250 Å². The van der Waals surface area contributed by atoms with Crippen molar-refractivity contribution in [2.75, 3.05) is 7.11 Å². The van der Waals surface area contributed by atoms with Gasteiger partial charge < -0.3 is 9.47 Å². The lowest BCUT2D eigenvalue weighted by molar-refractivity contribution is 0.282. The van der Waals surface area contributed by atoms with Crippen molar-refractivity contribution in [3.05, 3.63) is 95.1 Å². The van der Waals surface area contributed by atoms with Gasteiger partial charge in [-0.1, -0.05) is 47.3 Å². The highest BCUT2D eigenvalue weighted by Crippen LogP contribution is 2.42. The fraction of sp³-hybridized carbons (Fsp3) is 0.276. The molecular formula is C29H25Br3FN3O3. The van der Waals surface area contributed by atoms with Crippen molar-refractivity contribution >= 4 is 64.9 Å². The van der Waals surface area contributed by atoms with Crippen LogP contribution in [0.3, 0.4) is 0 Å². The van der Waals surface area contributed by atoms with Crippen molar-refractivity contribution in [1.82, 2.24) is 9.66 Å². The number of hydrogen-bond donors (Lipinski definition) is 0. The second kappa shape index (κ2) is 12.3. The van der Waals surface area contributed by atoms with E-state index in [0.717, 1.165) is 30.2 Å². The van der Waals surface area contributed by atoms with Crippen LogP contribution >= 0.6 is 47.8 Å². The molecule has 1 aromatic heterocycles. The molecule has 39 heavy (non-hydrogen) atoms. The molecule has 0 N–H and O–H groups in total. The summed E-state index contributed by atoms with van der Waals surface area (Å²) in [4.78, 5) is 18.5. The zero-order valence-corrected chi connectivity index (χ0v) is 25.9. The number of nitrogens with zero attached hydrogens (tertiary/aromatic N) is 3. The number of hydrogen-bond acceptors (Lipinski definition) is 5. The topological polar surface area (TPSA) is 65.7 Å². The van der Waals surface area contributed by atoms with Crippen LogP contribution in [0, 0.1) is 5.82 Å². The Kier molecular flexibility index (Phi) is 8.83. The molecule has 1 aliphatic carbocycles. The quantitative estimate of drug-likeness (QED) is 0.180. The van der Waals surface area contributed by atoms with Crippen molar-refractivity contribution in [3.8, 4) is 11.5 Å². The standard InChI is InChI=1S/C29H25Br3FN3O3/c1-38-24-13-19(25(31)26(32)27(24)39-16-17-6-5-9-21(33)12-17)15-34-36-28(18-7-3-2-4-8-18)35-23-11-10-20(30)14-22(23)29(36)37/h5-6,9-15,18H,2-4,7-8,16H2,1H3. The van der Waals surface area contributed by atoms with Gasteiger partial charge in [-0.15, -0.1) is 0 Å². The highest BCUT2D eigenvalue weighted by atomic mass is 79.9. The van der Waals surface area contributed by atoms with Gasteiger partial charge in [0.05, 0.1) is 28.7 Å². The van der Waals surface area contributed by atoms with E-state index in [2.05, 4.69) is 52.9 Å². The maximum absolute atomic E-state index is 13.6. The van der Waals surface area contributed by atoms with Crippen LogP contribution < -0.4 is 15.0 Å². The van der Waals surface area contributed by atoms with E-state index in [0.29, 0.717) is 48.3 Å². The predicted octanol–water partition coefficient (Wildman–Crippen LogP) is 8.34. The van der Waals surface area contributed by atoms with E-state index in [1.54, 1.807) is 37.6 Å². The Morgan fingerprint density at radius 1 is 1.08 bits per heavy atom. The van der Waals surface area contributed by atoms with Crippen molar-refractivity contribution in [2.24, 2.45) is 5.10 Å². The fourth-order valence-electron chi connectivity index (χ4n) is 4.79. The molecule has 0 bridgehead atoms. The largest absolute Gasteiger partial charge is 0.493 e. The van der Waals surface area contributed by atoms with Crippen LogP contribution in [-0.4, -0.2) is 23.0 Å². The lowest BCUT2D eigenvalue weighted by Gasteiger charge is -2.22. The molecule has 1 heterocycles. The summed E-state index contributed by atoms with van der Waals surface area (Å²) in [6, 6.07) is 13.6. The summed E-state index contributed by atoms with van der Waals surface area (Å²) in [5.74, 6) is 1.45. The van der Waals surface area contributed by atoms with Crippen LogP contribution in [0.15, 0.2) is 71.8 Å². The molecule has 0 saturated heterocycles. The summed E-state index contributed by atoms with van der Waals surface area (Å²) in [7, 11) is 1.54. The number of benzene rings is 3. The summed E-state index contributed by atoms with van der Waals surface area (Å²) in [6.07, 6.45) is 6.98. The second-order valence-corrected chi connectivity index (χ2v) is 11.9. The number of rotatable bonds is 7. The second-order valence-electron chi connectivity index (χ2n) is 9.37. The molecule has 10 heteroatoms. The third kappa shape index (κ3) is 6.12. The Morgan fingerprint density at radius 2 is 1.87 bits per heavy atom. The molecule has 0 amide bonds. The molecule has 4 aromatic rings. The summed E-state index contributed by atoms with van der Waals surface area (Å²) in [5.41, 5.74) is 1.82. The molecule has 5 rings (SSSR count). The molecule has 3 aromatic carbocycles. The molecule has 6 nitrogen and oxygen atoms in total. The first kappa shape index (κ1) is 28.0. The van der Waals surface area contributed by atoms with E-state index < -0.39 is 0 Å². The molecule has 202 valence electrons. The summed E-state index contributed by atoms with van der Waals surface area (Å²) in [5, 5.41) is 5.15. The van der Waals surface area contributed by atoms with Crippen LogP contribution in [0.4, 0.5) is 4.39 Å². The number of aromatic nitrogens is 2. The molecule has 1 fully saturated rings. The van der Waals surface area contributed by atoms with E-state index in [1.165, 1.54) is 23.2 Å². The lowest BCUT2D eigenvalue weighted by atomic mass is 9.88. The Balaban J connectivity index is 1.54. The fourth-order valence-corrected chi connectivity index (χ4v) is 6.09. The average Bonchev–Trinajstić information content (AvgIpc) is 2.94. The maximum atomic E-state index is 13.6. The van der Waals surface area contributed by atoms with E-state index in [4.69, 9.17) is 14.5 Å². The molecule has 0 atom stereocenters. The minimum Gasteiger partial charge on any atom is -0.493 e. The van der Waals surface area contributed by atoms with Gasteiger partial charge >= 0.3 is 0 Å². The Bertz CT molecular complexity index is 1620. The van der Waals surface area contributed by atoms with Gasteiger partial charge in [-0.25, -0.2) is 9.37 Å². The normalized spacial score (nSPS) is 14.3. The van der Waals surface area contributed by atoms with Gasteiger partial charge in [0.1, 0.15) is 18.2 Å². The average molecular weight is 722 g/mol. The smallest absolute Gasteiger partial charge is 0.282 e. The lowest BCUT2D eigenvalue weighted by Crippen LogP contribution is -2.25. The highest BCUT2D eigenvalue weighted by molar-refractivity contribution is 9.13. The molecule has 0 aliphatic heterocycles. The van der Waals surface area contributed by atoms with Crippen LogP contribution in [0.1, 0.15) is 55.0 Å². The summed E-state index contributed by atoms with van der Waals surface area (Å²) < 4.78 is 28.7. The van der Waals surface area contributed by atoms with Gasteiger partial charge in [0.2, 0.25) is 0 Å². The molecule has 0 unspecified atom stereocenters. The van der Waals surface area contributed by atoms with E-state index in [1.807, 2.05) is 12.1 Å². The molecule has 1 saturated carbocycles. The first-order chi connectivity index (χ1) is 18.9. The van der Waals surface area contributed by atoms with Crippen molar-refractivity contribution in [2.45, 2.75) is 44.6 Å². The van der Waals surface area contributed by atoms with E-state index in [9.17, 15) is 9.18 Å². The number of fused-ring (bicyclic) bond motifs is 1. The SMILES string of the molecule is COc1cc(C=Nn2c(C3CCCCC3)nc3ccc(Br)cc3c2=O)c(Br)c(Br)c1OCc1cccc(F)c1. The van der Waals surface area contributed by atoms with Crippen molar-refractivity contribution < 1.29 is 13.9 Å². The van der Waals surface area contributed by atoms with Crippen LogP contribution in [-0.2, 0) is 6.61 Å².